The van der Waals surface area contributed by atoms with Gasteiger partial charge in [0.25, 0.3) is 0 Å². The van der Waals surface area contributed by atoms with Gasteiger partial charge in [0, 0.05) is 15.8 Å². The first kappa shape index (κ1) is 13.5. The molecule has 4 nitrogen and oxygen atoms in total. The van der Waals surface area contributed by atoms with Crippen LogP contribution in [0.2, 0.25) is 0 Å². The number of rotatable bonds is 4. The number of hydrogen-bond acceptors (Lipinski definition) is 5. The Bertz CT molecular complexity index is 586. The molecule has 0 saturated heterocycles. The summed E-state index contributed by atoms with van der Waals surface area (Å²) in [6.45, 7) is 2.01. The zero-order valence-corrected chi connectivity index (χ0v) is 12.6. The minimum absolute atomic E-state index is 0.255. The number of carbonyl (C=O) groups is 1. The molecule has 7 heteroatoms. The van der Waals surface area contributed by atoms with Crippen LogP contribution in [0.1, 0.15) is 23.1 Å². The minimum atomic E-state index is -0.942. The lowest BCUT2D eigenvalue weighted by atomic mass is 10.2. The van der Waals surface area contributed by atoms with E-state index >= 15 is 0 Å². The lowest BCUT2D eigenvalue weighted by molar-refractivity contribution is 0.0696. The van der Waals surface area contributed by atoms with Gasteiger partial charge in [0.2, 0.25) is 0 Å². The second-order valence-electron chi connectivity index (χ2n) is 3.38. The average Bonchev–Trinajstić information content (AvgIpc) is 2.76. The Morgan fingerprint density at radius 2 is 2.33 bits per heavy atom. The van der Waals surface area contributed by atoms with E-state index in [1.165, 1.54) is 23.3 Å². The van der Waals surface area contributed by atoms with Gasteiger partial charge in [-0.2, -0.15) is 4.37 Å². The van der Waals surface area contributed by atoms with Crippen molar-refractivity contribution in [3.63, 3.8) is 0 Å². The highest BCUT2D eigenvalue weighted by Crippen LogP contribution is 2.32. The molecule has 0 aliphatic rings. The Kier molecular flexibility index (Phi) is 4.36. The number of halogens is 1. The van der Waals surface area contributed by atoms with Crippen molar-refractivity contribution in [2.75, 3.05) is 0 Å². The summed E-state index contributed by atoms with van der Waals surface area (Å²) >= 11 is 6.09. The fourth-order valence-corrected chi connectivity index (χ4v) is 3.67. The molecule has 1 heterocycles. The van der Waals surface area contributed by atoms with E-state index in [2.05, 4.69) is 25.3 Å². The predicted octanol–water partition coefficient (Wildman–Crippen LogP) is 3.71. The van der Waals surface area contributed by atoms with Crippen molar-refractivity contribution in [3.05, 3.63) is 34.1 Å². The number of aromatic nitrogens is 2. The molecule has 0 atom stereocenters. The number of carboxylic acid groups (broad SMARTS) is 1. The molecule has 0 radical (unpaired) electrons. The third-order valence-electron chi connectivity index (χ3n) is 2.14. The standard InChI is InChI=1S/C11H9BrN2O2S2/c1-2-9-13-11(18-14-9)17-6-3-4-7(10(15)16)8(12)5-6/h3-5H,2H2,1H3,(H,15,16). The van der Waals surface area contributed by atoms with Crippen molar-refractivity contribution in [2.24, 2.45) is 0 Å². The molecule has 94 valence electrons. The molecule has 0 aliphatic heterocycles. The number of carboxylic acids is 1. The molecular weight excluding hydrogens is 336 g/mol. The number of hydrogen-bond donors (Lipinski definition) is 1. The van der Waals surface area contributed by atoms with E-state index in [1.54, 1.807) is 18.2 Å². The van der Waals surface area contributed by atoms with Crippen LogP contribution in [0.5, 0.6) is 0 Å². The first-order valence-corrected chi connectivity index (χ1v) is 7.51. The van der Waals surface area contributed by atoms with Crippen LogP contribution in [0.3, 0.4) is 0 Å². The molecule has 0 fully saturated rings. The Balaban J connectivity index is 2.19. The van der Waals surface area contributed by atoms with Gasteiger partial charge in [0.15, 0.2) is 4.34 Å². The van der Waals surface area contributed by atoms with Crippen molar-refractivity contribution in [2.45, 2.75) is 22.6 Å². The lowest BCUT2D eigenvalue weighted by Crippen LogP contribution is -1.96. The van der Waals surface area contributed by atoms with E-state index in [0.717, 1.165) is 21.5 Å². The van der Waals surface area contributed by atoms with E-state index in [1.807, 2.05) is 6.92 Å². The fourth-order valence-electron chi connectivity index (χ4n) is 1.26. The third kappa shape index (κ3) is 3.09. The van der Waals surface area contributed by atoms with Crippen molar-refractivity contribution < 1.29 is 9.90 Å². The first-order chi connectivity index (χ1) is 8.60. The molecule has 0 saturated carbocycles. The highest BCUT2D eigenvalue weighted by Gasteiger charge is 2.10. The Morgan fingerprint density at radius 1 is 1.56 bits per heavy atom. The average molecular weight is 345 g/mol. The van der Waals surface area contributed by atoms with E-state index < -0.39 is 5.97 Å². The molecule has 18 heavy (non-hydrogen) atoms. The number of aromatic carboxylic acids is 1. The zero-order valence-electron chi connectivity index (χ0n) is 9.38. The van der Waals surface area contributed by atoms with Gasteiger partial charge >= 0.3 is 5.97 Å². The van der Waals surface area contributed by atoms with Crippen LogP contribution in [0.25, 0.3) is 0 Å². The first-order valence-electron chi connectivity index (χ1n) is 5.13. The SMILES string of the molecule is CCc1nsc(Sc2ccc(C(=O)O)c(Br)c2)n1. The highest BCUT2D eigenvalue weighted by atomic mass is 79.9. The van der Waals surface area contributed by atoms with Crippen molar-refractivity contribution >= 4 is 45.2 Å². The van der Waals surface area contributed by atoms with Crippen LogP contribution < -0.4 is 0 Å². The maximum atomic E-state index is 10.9. The van der Waals surface area contributed by atoms with Crippen LogP contribution >= 0.6 is 39.2 Å². The molecular formula is C11H9BrN2O2S2. The molecule has 0 unspecified atom stereocenters. The maximum absolute atomic E-state index is 10.9. The number of aryl methyl sites for hydroxylation is 1. The molecule has 1 aromatic heterocycles. The number of benzene rings is 1. The van der Waals surface area contributed by atoms with Crippen molar-refractivity contribution in [1.29, 1.82) is 0 Å². The van der Waals surface area contributed by atoms with Crippen molar-refractivity contribution in [3.8, 4) is 0 Å². The summed E-state index contributed by atoms with van der Waals surface area (Å²) in [5.74, 6) is -0.105. The van der Waals surface area contributed by atoms with Crippen molar-refractivity contribution in [1.82, 2.24) is 9.36 Å². The normalized spacial score (nSPS) is 10.6. The van der Waals surface area contributed by atoms with E-state index in [4.69, 9.17) is 5.11 Å². The summed E-state index contributed by atoms with van der Waals surface area (Å²) < 4.78 is 5.64. The van der Waals surface area contributed by atoms with Crippen LogP contribution in [-0.2, 0) is 6.42 Å². The quantitative estimate of drug-likeness (QED) is 0.915. The predicted molar refractivity (Wildman–Crippen MR) is 74.5 cm³/mol. The topological polar surface area (TPSA) is 63.1 Å². The summed E-state index contributed by atoms with van der Waals surface area (Å²) in [7, 11) is 0. The van der Waals surface area contributed by atoms with Gasteiger partial charge in [-0.25, -0.2) is 9.78 Å². The highest BCUT2D eigenvalue weighted by molar-refractivity contribution is 9.10. The van der Waals surface area contributed by atoms with E-state index in [9.17, 15) is 4.79 Å². The van der Waals surface area contributed by atoms with Gasteiger partial charge in [-0.1, -0.05) is 18.7 Å². The fraction of sp³-hybridized carbons (Fsp3) is 0.182. The largest absolute Gasteiger partial charge is 0.478 e. The Morgan fingerprint density at radius 3 is 2.89 bits per heavy atom. The Labute approximate surface area is 121 Å². The second-order valence-corrected chi connectivity index (χ2v) is 6.31. The lowest BCUT2D eigenvalue weighted by Gasteiger charge is -2.01. The van der Waals surface area contributed by atoms with Crippen LogP contribution in [0.15, 0.2) is 31.9 Å². The van der Waals surface area contributed by atoms with Crippen LogP contribution in [0, 0.1) is 0 Å². The summed E-state index contributed by atoms with van der Waals surface area (Å²) in [5.41, 5.74) is 0.255. The van der Waals surface area contributed by atoms with Gasteiger partial charge in [-0.15, -0.1) is 0 Å². The number of nitrogens with zero attached hydrogens (tertiary/aromatic N) is 2. The van der Waals surface area contributed by atoms with Gasteiger partial charge in [-0.05, 0) is 45.7 Å². The monoisotopic (exact) mass is 344 g/mol. The van der Waals surface area contributed by atoms with Crippen LogP contribution in [0.4, 0.5) is 0 Å². The summed E-state index contributed by atoms with van der Waals surface area (Å²) in [5, 5.41) is 8.92. The van der Waals surface area contributed by atoms with Gasteiger partial charge < -0.3 is 5.11 Å². The zero-order chi connectivity index (χ0) is 13.1. The van der Waals surface area contributed by atoms with Crippen LogP contribution in [-0.4, -0.2) is 20.4 Å². The van der Waals surface area contributed by atoms with Gasteiger partial charge in [0.1, 0.15) is 5.82 Å². The molecule has 0 spiro atoms. The van der Waals surface area contributed by atoms with Gasteiger partial charge in [-0.3, -0.25) is 0 Å². The molecule has 0 aliphatic carbocycles. The van der Waals surface area contributed by atoms with E-state index in [0.29, 0.717) is 4.47 Å². The summed E-state index contributed by atoms with van der Waals surface area (Å²) in [6.07, 6.45) is 0.818. The molecule has 1 aromatic carbocycles. The van der Waals surface area contributed by atoms with E-state index in [-0.39, 0.29) is 5.56 Å². The second kappa shape index (κ2) is 5.81. The maximum Gasteiger partial charge on any atom is 0.336 e. The molecule has 0 bridgehead atoms. The summed E-state index contributed by atoms with van der Waals surface area (Å²) in [4.78, 5) is 16.2. The summed E-state index contributed by atoms with van der Waals surface area (Å²) in [6, 6.07) is 5.13. The Hall–Kier alpha value is -0.920. The molecule has 0 amide bonds. The smallest absolute Gasteiger partial charge is 0.336 e. The third-order valence-corrected chi connectivity index (χ3v) is 4.58. The minimum Gasteiger partial charge on any atom is -0.478 e. The molecule has 1 N–H and O–H groups in total. The molecule has 2 rings (SSSR count). The van der Waals surface area contributed by atoms with Gasteiger partial charge in [0.05, 0.1) is 5.56 Å². The molecule has 2 aromatic rings.